The molecule has 0 spiro atoms. The number of nitrogens with zero attached hydrogens (tertiary/aromatic N) is 2. The van der Waals surface area contributed by atoms with Crippen molar-refractivity contribution in [2.75, 3.05) is 0 Å². The lowest BCUT2D eigenvalue weighted by Gasteiger charge is -2.12. The molecular weight excluding hydrogens is 440 g/mol. The van der Waals surface area contributed by atoms with Crippen molar-refractivity contribution in [2.24, 2.45) is 0 Å². The van der Waals surface area contributed by atoms with E-state index >= 15 is 0 Å². The number of nitro groups is 2. The molecule has 2 aromatic carbocycles. The topological polar surface area (TPSA) is 122 Å². The van der Waals surface area contributed by atoms with Gasteiger partial charge in [0.1, 0.15) is 11.5 Å². The summed E-state index contributed by atoms with van der Waals surface area (Å²) in [6.07, 6.45) is 7.83. The van der Waals surface area contributed by atoms with Crippen molar-refractivity contribution < 1.29 is 24.1 Å². The van der Waals surface area contributed by atoms with Crippen LogP contribution in [0, 0.1) is 20.2 Å². The Kier molecular flexibility index (Phi) is 11.0. The van der Waals surface area contributed by atoms with E-state index in [9.17, 15) is 25.0 Å². The average Bonchev–Trinajstić information content (AvgIpc) is 2.81. The fourth-order valence-corrected chi connectivity index (χ4v) is 3.63. The molecule has 0 fully saturated rings. The van der Waals surface area contributed by atoms with Gasteiger partial charge >= 0.3 is 6.16 Å². The van der Waals surface area contributed by atoms with Gasteiger partial charge in [-0.3, -0.25) is 20.2 Å². The van der Waals surface area contributed by atoms with Crippen molar-refractivity contribution in [1.82, 2.24) is 0 Å². The van der Waals surface area contributed by atoms with Crippen LogP contribution in [0.15, 0.2) is 36.4 Å². The third kappa shape index (κ3) is 8.46. The van der Waals surface area contributed by atoms with E-state index in [1.165, 1.54) is 36.4 Å². The lowest BCUT2D eigenvalue weighted by molar-refractivity contribution is -0.385. The van der Waals surface area contributed by atoms with Gasteiger partial charge in [0.2, 0.25) is 0 Å². The summed E-state index contributed by atoms with van der Waals surface area (Å²) in [7, 11) is 0. The summed E-state index contributed by atoms with van der Waals surface area (Å²) in [5.41, 5.74) is 0.975. The van der Waals surface area contributed by atoms with Gasteiger partial charge in [0.25, 0.3) is 11.4 Å². The predicted molar refractivity (Wildman–Crippen MR) is 129 cm³/mol. The summed E-state index contributed by atoms with van der Waals surface area (Å²) >= 11 is 0. The van der Waals surface area contributed by atoms with Gasteiger partial charge < -0.3 is 9.47 Å². The second-order valence-corrected chi connectivity index (χ2v) is 8.17. The maximum atomic E-state index is 12.6. The van der Waals surface area contributed by atoms with Gasteiger partial charge in [0.15, 0.2) is 0 Å². The van der Waals surface area contributed by atoms with E-state index in [2.05, 4.69) is 13.8 Å². The van der Waals surface area contributed by atoms with Gasteiger partial charge in [0, 0.05) is 35.4 Å². The molecule has 0 unspecified atom stereocenters. The number of carbonyl (C=O) groups excluding carboxylic acids is 1. The number of ether oxygens (including phenoxy) is 2. The minimum absolute atomic E-state index is 0.0732. The van der Waals surface area contributed by atoms with Crippen LogP contribution in [0.1, 0.15) is 76.3 Å². The standard InChI is InChI=1S/C25H32N2O7/c1-3-5-7-9-11-19-17-21(26(29)30)13-15-23(19)33-25(28)34-24-16-14-22(27(31)32)18-20(24)12-10-8-6-4-2/h13-18H,3-12H2,1-2H3. The lowest BCUT2D eigenvalue weighted by atomic mass is 10.0. The van der Waals surface area contributed by atoms with Crippen molar-refractivity contribution in [3.05, 3.63) is 67.8 Å². The van der Waals surface area contributed by atoms with E-state index in [0.717, 1.165) is 51.4 Å². The molecule has 2 rings (SSSR count). The largest absolute Gasteiger partial charge is 0.519 e. The van der Waals surface area contributed by atoms with Crippen LogP contribution in [-0.2, 0) is 12.8 Å². The van der Waals surface area contributed by atoms with Gasteiger partial charge in [-0.25, -0.2) is 4.79 Å². The molecule has 0 bridgehead atoms. The Morgan fingerprint density at radius 2 is 1.12 bits per heavy atom. The molecule has 0 aliphatic carbocycles. The third-order valence-corrected chi connectivity index (χ3v) is 5.50. The molecular formula is C25H32N2O7. The maximum Gasteiger partial charge on any atom is 0.519 e. The number of nitro benzene ring substituents is 2. The Hall–Kier alpha value is -3.49. The molecule has 184 valence electrons. The number of non-ortho nitro benzene ring substituents is 2. The molecule has 0 aromatic heterocycles. The van der Waals surface area contributed by atoms with Crippen LogP contribution in [0.3, 0.4) is 0 Å². The number of benzene rings is 2. The van der Waals surface area contributed by atoms with Crippen LogP contribution < -0.4 is 9.47 Å². The van der Waals surface area contributed by atoms with E-state index in [-0.39, 0.29) is 22.9 Å². The Labute approximate surface area is 199 Å². The molecule has 34 heavy (non-hydrogen) atoms. The fraction of sp³-hybridized carbons (Fsp3) is 0.480. The second-order valence-electron chi connectivity index (χ2n) is 8.17. The smallest absolute Gasteiger partial charge is 0.394 e. The van der Waals surface area contributed by atoms with Gasteiger partial charge in [-0.1, -0.05) is 52.4 Å². The number of rotatable bonds is 14. The van der Waals surface area contributed by atoms with E-state index in [0.29, 0.717) is 24.0 Å². The van der Waals surface area contributed by atoms with Crippen LogP contribution in [-0.4, -0.2) is 16.0 Å². The zero-order valence-electron chi connectivity index (χ0n) is 19.8. The van der Waals surface area contributed by atoms with E-state index in [4.69, 9.17) is 9.47 Å². The summed E-state index contributed by atoms with van der Waals surface area (Å²) < 4.78 is 10.8. The molecule has 0 atom stereocenters. The molecule has 0 amide bonds. The van der Waals surface area contributed by atoms with E-state index in [1.54, 1.807) is 0 Å². The highest BCUT2D eigenvalue weighted by atomic mass is 16.7. The molecule has 0 saturated carbocycles. The van der Waals surface area contributed by atoms with Crippen LogP contribution >= 0.6 is 0 Å². The zero-order valence-corrected chi connectivity index (χ0v) is 19.8. The maximum absolute atomic E-state index is 12.6. The normalized spacial score (nSPS) is 10.6. The highest BCUT2D eigenvalue weighted by Gasteiger charge is 2.18. The molecule has 0 N–H and O–H groups in total. The molecule has 0 heterocycles. The second kappa shape index (κ2) is 13.9. The highest BCUT2D eigenvalue weighted by Crippen LogP contribution is 2.29. The first-order valence-corrected chi connectivity index (χ1v) is 11.8. The van der Waals surface area contributed by atoms with Gasteiger partial charge in [-0.05, 0) is 37.8 Å². The summed E-state index contributed by atoms with van der Waals surface area (Å²) in [4.78, 5) is 33.9. The van der Waals surface area contributed by atoms with Crippen LogP contribution in [0.5, 0.6) is 11.5 Å². The summed E-state index contributed by atoms with van der Waals surface area (Å²) in [5, 5.41) is 22.3. The number of hydrogen-bond donors (Lipinski definition) is 0. The Morgan fingerprint density at radius 3 is 1.47 bits per heavy atom. The Morgan fingerprint density at radius 1 is 0.706 bits per heavy atom. The minimum Gasteiger partial charge on any atom is -0.394 e. The first-order valence-electron chi connectivity index (χ1n) is 11.8. The van der Waals surface area contributed by atoms with Crippen LogP contribution in [0.25, 0.3) is 0 Å². The third-order valence-electron chi connectivity index (χ3n) is 5.50. The Bertz CT molecular complexity index is 914. The molecule has 0 saturated heterocycles. The molecule has 2 aromatic rings. The van der Waals surface area contributed by atoms with Gasteiger partial charge in [-0.2, -0.15) is 0 Å². The highest BCUT2D eigenvalue weighted by molar-refractivity contribution is 5.69. The number of carbonyl (C=O) groups is 1. The number of unbranched alkanes of at least 4 members (excludes halogenated alkanes) is 6. The number of aryl methyl sites for hydroxylation is 2. The monoisotopic (exact) mass is 472 g/mol. The van der Waals surface area contributed by atoms with Gasteiger partial charge in [-0.15, -0.1) is 0 Å². The fourth-order valence-electron chi connectivity index (χ4n) is 3.63. The van der Waals surface area contributed by atoms with Crippen LogP contribution in [0.4, 0.5) is 16.2 Å². The zero-order chi connectivity index (χ0) is 24.9. The SMILES string of the molecule is CCCCCCc1cc([N+](=O)[O-])ccc1OC(=O)Oc1ccc([N+](=O)[O-])cc1CCCCCC. The van der Waals surface area contributed by atoms with Crippen molar-refractivity contribution in [1.29, 1.82) is 0 Å². The lowest BCUT2D eigenvalue weighted by Crippen LogP contribution is -2.16. The molecule has 9 nitrogen and oxygen atoms in total. The van der Waals surface area contributed by atoms with Crippen molar-refractivity contribution in [3.8, 4) is 11.5 Å². The average molecular weight is 473 g/mol. The van der Waals surface area contributed by atoms with Crippen LogP contribution in [0.2, 0.25) is 0 Å². The summed E-state index contributed by atoms with van der Waals surface area (Å²) in [5.74, 6) is 0.414. The molecule has 0 radical (unpaired) electrons. The summed E-state index contributed by atoms with van der Waals surface area (Å²) in [6.45, 7) is 4.18. The molecule has 9 heteroatoms. The number of hydrogen-bond acceptors (Lipinski definition) is 7. The summed E-state index contributed by atoms with van der Waals surface area (Å²) in [6, 6.07) is 8.19. The van der Waals surface area contributed by atoms with E-state index in [1.807, 2.05) is 0 Å². The van der Waals surface area contributed by atoms with Crippen molar-refractivity contribution in [2.45, 2.75) is 78.1 Å². The first-order chi connectivity index (χ1) is 16.3. The molecule has 0 aliphatic heterocycles. The molecule has 0 aliphatic rings. The van der Waals surface area contributed by atoms with Crippen molar-refractivity contribution in [3.63, 3.8) is 0 Å². The Balaban J connectivity index is 2.17. The first kappa shape index (κ1) is 26.8. The minimum atomic E-state index is -0.993. The quantitative estimate of drug-likeness (QED) is 0.0927. The van der Waals surface area contributed by atoms with E-state index < -0.39 is 16.0 Å². The van der Waals surface area contributed by atoms with Gasteiger partial charge in [0.05, 0.1) is 9.85 Å². The van der Waals surface area contributed by atoms with Crippen molar-refractivity contribution >= 4 is 17.5 Å². The predicted octanol–water partition coefficient (Wildman–Crippen LogP) is 7.33.